The van der Waals surface area contributed by atoms with Crippen molar-refractivity contribution in [3.8, 4) is 11.8 Å². The molecule has 0 radical (unpaired) electrons. The van der Waals surface area contributed by atoms with Crippen LogP contribution in [0.25, 0.3) is 0 Å². The van der Waals surface area contributed by atoms with Gasteiger partial charge in [0.1, 0.15) is 12.1 Å². The molecule has 0 saturated heterocycles. The Bertz CT molecular complexity index is 432. The predicted octanol–water partition coefficient (Wildman–Crippen LogP) is 4.62. The second-order valence-electron chi connectivity index (χ2n) is 7.54. The first-order valence-electron chi connectivity index (χ1n) is 10.7. The molecule has 0 aliphatic carbocycles. The van der Waals surface area contributed by atoms with E-state index >= 15 is 0 Å². The zero-order valence-corrected chi connectivity index (χ0v) is 16.8. The van der Waals surface area contributed by atoms with Gasteiger partial charge in [-0.2, -0.15) is 0 Å². The first-order valence-corrected chi connectivity index (χ1v) is 10.7. The van der Waals surface area contributed by atoms with Crippen LogP contribution in [0.1, 0.15) is 96.8 Å². The molecule has 1 aliphatic rings. The highest BCUT2D eigenvalue weighted by Gasteiger charge is 2.35. The highest BCUT2D eigenvalue weighted by molar-refractivity contribution is 5.95. The molecule has 1 aliphatic heterocycles. The van der Waals surface area contributed by atoms with Gasteiger partial charge in [-0.25, -0.2) is 4.99 Å². The van der Waals surface area contributed by atoms with Crippen LogP contribution in [-0.4, -0.2) is 41.5 Å². The van der Waals surface area contributed by atoms with Crippen molar-refractivity contribution in [2.24, 2.45) is 4.99 Å². The fourth-order valence-corrected chi connectivity index (χ4v) is 3.13. The lowest BCUT2D eigenvalue weighted by atomic mass is 10.0. The number of rotatable bonds is 15. The topological polar surface area (TPSA) is 62.1 Å². The van der Waals surface area contributed by atoms with E-state index in [1.807, 2.05) is 0 Å². The number of aliphatic imine (C=N–C) groups is 1. The van der Waals surface area contributed by atoms with Crippen molar-refractivity contribution in [3.05, 3.63) is 0 Å². The Balaban J connectivity index is 1.90. The van der Waals surface area contributed by atoms with Crippen molar-refractivity contribution in [3.63, 3.8) is 0 Å². The molecular weight excluding hydrogens is 326 g/mol. The third-order valence-electron chi connectivity index (χ3n) is 5.01. The Morgan fingerprint density at radius 1 is 0.846 bits per heavy atom. The van der Waals surface area contributed by atoms with Gasteiger partial charge in [-0.15, -0.1) is 0 Å². The molecule has 0 saturated carbocycles. The molecule has 0 atom stereocenters. The summed E-state index contributed by atoms with van der Waals surface area (Å²) < 4.78 is 5.33. The molecule has 26 heavy (non-hydrogen) atoms. The van der Waals surface area contributed by atoms with E-state index in [1.54, 1.807) is 0 Å². The average molecular weight is 366 g/mol. The standard InChI is InChI=1S/C22H39NO3/c1-2-3-4-5-6-7-8-9-10-11-12-13-14-15-16-17-21-23-22(18-24,19-25)20-26-21/h24-25H,2-15,18-20H2,1H3. The summed E-state index contributed by atoms with van der Waals surface area (Å²) >= 11 is 0. The van der Waals surface area contributed by atoms with Crippen molar-refractivity contribution in [1.29, 1.82) is 0 Å². The third kappa shape index (κ3) is 10.2. The van der Waals surface area contributed by atoms with E-state index in [0.717, 1.165) is 12.8 Å². The fourth-order valence-electron chi connectivity index (χ4n) is 3.13. The van der Waals surface area contributed by atoms with E-state index in [9.17, 15) is 10.2 Å². The van der Waals surface area contributed by atoms with Gasteiger partial charge in [-0.3, -0.25) is 0 Å². The van der Waals surface area contributed by atoms with Crippen molar-refractivity contribution >= 4 is 5.90 Å². The second kappa shape index (κ2) is 15.1. The van der Waals surface area contributed by atoms with Crippen LogP contribution < -0.4 is 0 Å². The molecule has 0 fully saturated rings. The fraction of sp³-hybridized carbons (Fsp3) is 0.864. The molecule has 1 heterocycles. The van der Waals surface area contributed by atoms with Gasteiger partial charge in [-0.1, -0.05) is 89.9 Å². The van der Waals surface area contributed by atoms with Crippen molar-refractivity contribution in [2.75, 3.05) is 19.8 Å². The quantitative estimate of drug-likeness (QED) is 0.329. The number of hydrogen-bond donors (Lipinski definition) is 2. The van der Waals surface area contributed by atoms with Crippen LogP contribution in [0.2, 0.25) is 0 Å². The number of nitrogens with zero attached hydrogens (tertiary/aromatic N) is 1. The molecule has 150 valence electrons. The number of aliphatic hydroxyl groups is 2. The van der Waals surface area contributed by atoms with Crippen LogP contribution >= 0.6 is 0 Å². The Labute approximate surface area is 160 Å². The Kier molecular flexibility index (Phi) is 13.3. The summed E-state index contributed by atoms with van der Waals surface area (Å²) in [6.45, 7) is 2.05. The van der Waals surface area contributed by atoms with Gasteiger partial charge in [0.05, 0.1) is 13.2 Å². The predicted molar refractivity (Wildman–Crippen MR) is 108 cm³/mol. The summed E-state index contributed by atoms with van der Waals surface area (Å²) in [5.41, 5.74) is -0.889. The SMILES string of the molecule is CCCCCCCCCCCCCCCC#CC1=NC(CO)(CO)CO1. The van der Waals surface area contributed by atoms with Gasteiger partial charge in [0.15, 0.2) is 0 Å². The van der Waals surface area contributed by atoms with Gasteiger partial charge < -0.3 is 14.9 Å². The minimum absolute atomic E-state index is 0.211. The highest BCUT2D eigenvalue weighted by atomic mass is 16.5. The first-order chi connectivity index (χ1) is 12.8. The van der Waals surface area contributed by atoms with E-state index in [1.165, 1.54) is 77.0 Å². The molecule has 4 heteroatoms. The average Bonchev–Trinajstić information content (AvgIpc) is 3.09. The Morgan fingerprint density at radius 3 is 1.81 bits per heavy atom. The number of ether oxygens (including phenoxy) is 1. The lowest BCUT2D eigenvalue weighted by Gasteiger charge is -2.16. The van der Waals surface area contributed by atoms with Gasteiger partial charge in [0.2, 0.25) is 0 Å². The van der Waals surface area contributed by atoms with E-state index in [-0.39, 0.29) is 19.8 Å². The Morgan fingerprint density at radius 2 is 1.35 bits per heavy atom. The molecule has 0 aromatic heterocycles. The normalized spacial score (nSPS) is 15.3. The van der Waals surface area contributed by atoms with E-state index in [4.69, 9.17) is 4.74 Å². The third-order valence-corrected chi connectivity index (χ3v) is 5.01. The zero-order chi connectivity index (χ0) is 18.9. The monoisotopic (exact) mass is 365 g/mol. The molecule has 0 spiro atoms. The number of aliphatic hydroxyl groups excluding tert-OH is 2. The maximum Gasteiger partial charge on any atom is 0.264 e. The summed E-state index contributed by atoms with van der Waals surface area (Å²) in [7, 11) is 0. The van der Waals surface area contributed by atoms with Gasteiger partial charge in [0, 0.05) is 6.42 Å². The summed E-state index contributed by atoms with van der Waals surface area (Å²) in [4.78, 5) is 4.18. The maximum atomic E-state index is 9.24. The van der Waals surface area contributed by atoms with Crippen molar-refractivity contribution in [1.82, 2.24) is 0 Å². The van der Waals surface area contributed by atoms with Gasteiger partial charge in [-0.05, 0) is 12.3 Å². The molecule has 0 aromatic carbocycles. The summed E-state index contributed by atoms with van der Waals surface area (Å²) in [5, 5.41) is 18.5. The number of hydrogen-bond acceptors (Lipinski definition) is 4. The minimum Gasteiger partial charge on any atom is -0.469 e. The maximum absolute atomic E-state index is 9.24. The van der Waals surface area contributed by atoms with Crippen LogP contribution in [0.4, 0.5) is 0 Å². The molecule has 4 nitrogen and oxygen atoms in total. The molecule has 0 aromatic rings. The molecule has 1 rings (SSSR count). The lowest BCUT2D eigenvalue weighted by molar-refractivity contribution is 0.0978. The van der Waals surface area contributed by atoms with Gasteiger partial charge in [0.25, 0.3) is 5.90 Å². The molecule has 0 unspecified atom stereocenters. The summed E-state index contributed by atoms with van der Waals surface area (Å²) in [5.74, 6) is 6.34. The van der Waals surface area contributed by atoms with E-state index < -0.39 is 5.54 Å². The van der Waals surface area contributed by atoms with Crippen LogP contribution in [0.3, 0.4) is 0 Å². The second-order valence-corrected chi connectivity index (χ2v) is 7.54. The van der Waals surface area contributed by atoms with Crippen LogP contribution in [-0.2, 0) is 4.74 Å². The van der Waals surface area contributed by atoms with Crippen molar-refractivity contribution in [2.45, 2.75) is 102 Å². The van der Waals surface area contributed by atoms with Crippen molar-refractivity contribution < 1.29 is 14.9 Å². The molecule has 2 N–H and O–H groups in total. The van der Waals surface area contributed by atoms with E-state index in [2.05, 4.69) is 23.8 Å². The van der Waals surface area contributed by atoms with E-state index in [0.29, 0.717) is 5.90 Å². The van der Waals surface area contributed by atoms with Crippen LogP contribution in [0.15, 0.2) is 4.99 Å². The van der Waals surface area contributed by atoms with Crippen LogP contribution in [0.5, 0.6) is 0 Å². The summed E-state index contributed by atoms with van der Waals surface area (Å²) in [6, 6.07) is 0. The lowest BCUT2D eigenvalue weighted by Crippen LogP contribution is -2.37. The number of unbranched alkanes of at least 4 members (excludes halogenated alkanes) is 13. The largest absolute Gasteiger partial charge is 0.469 e. The first kappa shape index (κ1) is 23.0. The minimum atomic E-state index is -0.889. The molecular formula is C22H39NO3. The molecule has 0 bridgehead atoms. The van der Waals surface area contributed by atoms with Gasteiger partial charge >= 0.3 is 0 Å². The zero-order valence-electron chi connectivity index (χ0n) is 16.8. The summed E-state index contributed by atoms with van der Waals surface area (Å²) in [6.07, 6.45) is 18.4. The highest BCUT2D eigenvalue weighted by Crippen LogP contribution is 2.17. The Hall–Kier alpha value is -1.05. The smallest absolute Gasteiger partial charge is 0.264 e. The van der Waals surface area contributed by atoms with Crippen LogP contribution in [0, 0.1) is 11.8 Å². The molecule has 0 amide bonds.